The van der Waals surface area contributed by atoms with Crippen LogP contribution in [0.5, 0.6) is 0 Å². The van der Waals surface area contributed by atoms with Gasteiger partial charge in [0, 0.05) is 26.0 Å². The van der Waals surface area contributed by atoms with E-state index >= 15 is 0 Å². The van der Waals surface area contributed by atoms with E-state index in [1.165, 1.54) is 11.3 Å². The Bertz CT molecular complexity index is 611. The monoisotopic (exact) mass is 294 g/mol. The van der Waals surface area contributed by atoms with Crippen LogP contribution in [0.3, 0.4) is 0 Å². The third kappa shape index (κ3) is 3.05. The molecule has 2 aromatic heterocycles. The number of likely N-dealkylation sites (N-methyl/N-ethyl adjacent to an activating group) is 1. The molecular weight excluding hydrogens is 276 g/mol. The normalized spacial score (nSPS) is 11.2. The van der Waals surface area contributed by atoms with Gasteiger partial charge in [0.25, 0.3) is 5.91 Å². The molecule has 2 N–H and O–H groups in total. The Labute approximate surface area is 121 Å². The molecule has 0 unspecified atom stereocenters. The first-order chi connectivity index (χ1) is 9.50. The highest BCUT2D eigenvalue weighted by Gasteiger charge is 2.20. The number of amides is 1. The van der Waals surface area contributed by atoms with Gasteiger partial charge >= 0.3 is 0 Å². The van der Waals surface area contributed by atoms with E-state index in [9.17, 15) is 4.79 Å². The van der Waals surface area contributed by atoms with Gasteiger partial charge in [0.05, 0.1) is 18.4 Å². The van der Waals surface area contributed by atoms with Crippen molar-refractivity contribution < 1.29 is 9.53 Å². The zero-order chi connectivity index (χ0) is 14.7. The predicted octanol–water partition coefficient (Wildman–Crippen LogP) is 1.77. The van der Waals surface area contributed by atoms with E-state index in [0.29, 0.717) is 34.1 Å². The number of aromatic nitrogens is 2. The Balaban J connectivity index is 2.12. The molecule has 2 rings (SSSR count). The molecule has 20 heavy (non-hydrogen) atoms. The first-order valence-corrected chi connectivity index (χ1v) is 7.18. The molecule has 0 aliphatic heterocycles. The predicted molar refractivity (Wildman–Crippen MR) is 79.9 cm³/mol. The van der Waals surface area contributed by atoms with Crippen molar-refractivity contribution in [1.29, 1.82) is 0 Å². The number of hydrogen-bond donors (Lipinski definition) is 1. The molecule has 0 aliphatic carbocycles. The number of carbonyl (C=O) groups is 1. The summed E-state index contributed by atoms with van der Waals surface area (Å²) in [7, 11) is 1.73. The van der Waals surface area contributed by atoms with Crippen molar-refractivity contribution in [2.24, 2.45) is 0 Å². The van der Waals surface area contributed by atoms with E-state index < -0.39 is 0 Å². The van der Waals surface area contributed by atoms with E-state index in [1.807, 2.05) is 13.8 Å². The van der Waals surface area contributed by atoms with Crippen molar-refractivity contribution in [3.63, 3.8) is 0 Å². The fourth-order valence-corrected chi connectivity index (χ4v) is 2.72. The lowest BCUT2D eigenvalue weighted by molar-refractivity contribution is 0.0535. The van der Waals surface area contributed by atoms with Crippen LogP contribution in [0.4, 0.5) is 5.69 Å². The van der Waals surface area contributed by atoms with Crippen molar-refractivity contribution in [3.8, 4) is 0 Å². The number of nitrogen functional groups attached to an aromatic ring is 1. The maximum Gasteiger partial charge on any atom is 0.266 e. The number of rotatable bonds is 5. The Morgan fingerprint density at radius 2 is 2.15 bits per heavy atom. The molecule has 0 saturated heterocycles. The molecule has 6 nitrogen and oxygen atoms in total. The van der Waals surface area contributed by atoms with Gasteiger partial charge in [-0.25, -0.2) is 9.97 Å². The largest absolute Gasteiger partial charge is 0.396 e. The van der Waals surface area contributed by atoms with E-state index in [0.717, 1.165) is 0 Å². The molecule has 0 spiro atoms. The number of fused-ring (bicyclic) bond motifs is 1. The number of hydrogen-bond acceptors (Lipinski definition) is 6. The van der Waals surface area contributed by atoms with Crippen LogP contribution in [0.25, 0.3) is 10.3 Å². The molecular formula is C13H18N4O2S. The minimum atomic E-state index is -0.125. The SMILES string of the molecule is CC(C)OCCN(C)C(=O)c1sc2nccnc2c1N. The maximum absolute atomic E-state index is 12.4. The minimum Gasteiger partial charge on any atom is -0.396 e. The zero-order valence-corrected chi connectivity index (χ0v) is 12.6. The summed E-state index contributed by atoms with van der Waals surface area (Å²) < 4.78 is 5.44. The average Bonchev–Trinajstić information content (AvgIpc) is 2.75. The van der Waals surface area contributed by atoms with E-state index in [2.05, 4.69) is 9.97 Å². The molecule has 0 atom stereocenters. The van der Waals surface area contributed by atoms with Gasteiger partial charge in [-0.3, -0.25) is 4.79 Å². The Kier molecular flexibility index (Phi) is 4.51. The smallest absolute Gasteiger partial charge is 0.266 e. The Morgan fingerprint density at radius 3 is 2.80 bits per heavy atom. The van der Waals surface area contributed by atoms with Crippen LogP contribution in [0.1, 0.15) is 23.5 Å². The van der Waals surface area contributed by atoms with Crippen LogP contribution in [-0.2, 0) is 4.74 Å². The second-order valence-electron chi connectivity index (χ2n) is 4.70. The van der Waals surface area contributed by atoms with E-state index in [4.69, 9.17) is 10.5 Å². The van der Waals surface area contributed by atoms with Crippen LogP contribution in [-0.4, -0.2) is 47.1 Å². The van der Waals surface area contributed by atoms with Gasteiger partial charge in [-0.2, -0.15) is 0 Å². The number of nitrogens with zero attached hydrogens (tertiary/aromatic N) is 3. The molecule has 0 fully saturated rings. The van der Waals surface area contributed by atoms with Crippen LogP contribution in [0, 0.1) is 0 Å². The highest BCUT2D eigenvalue weighted by atomic mass is 32.1. The van der Waals surface area contributed by atoms with Gasteiger partial charge in [-0.15, -0.1) is 11.3 Å². The number of anilines is 1. The van der Waals surface area contributed by atoms with Crippen molar-refractivity contribution in [1.82, 2.24) is 14.9 Å². The minimum absolute atomic E-state index is 0.125. The van der Waals surface area contributed by atoms with Gasteiger partial charge in [-0.05, 0) is 13.8 Å². The summed E-state index contributed by atoms with van der Waals surface area (Å²) in [6, 6.07) is 0. The molecule has 0 aliphatic rings. The van der Waals surface area contributed by atoms with Gasteiger partial charge in [-0.1, -0.05) is 0 Å². The number of thiophene rings is 1. The number of ether oxygens (including phenoxy) is 1. The third-order valence-electron chi connectivity index (χ3n) is 2.78. The lowest BCUT2D eigenvalue weighted by Gasteiger charge is -2.17. The number of nitrogens with two attached hydrogens (primary N) is 1. The zero-order valence-electron chi connectivity index (χ0n) is 11.8. The molecule has 0 bridgehead atoms. The molecule has 0 radical (unpaired) electrons. The molecule has 7 heteroatoms. The van der Waals surface area contributed by atoms with Crippen molar-refractivity contribution in [3.05, 3.63) is 17.3 Å². The Morgan fingerprint density at radius 1 is 1.45 bits per heavy atom. The van der Waals surface area contributed by atoms with Crippen LogP contribution >= 0.6 is 11.3 Å². The summed E-state index contributed by atoms with van der Waals surface area (Å²) in [5.41, 5.74) is 6.98. The summed E-state index contributed by atoms with van der Waals surface area (Å²) in [6.07, 6.45) is 3.31. The van der Waals surface area contributed by atoms with E-state index in [-0.39, 0.29) is 12.0 Å². The standard InChI is InChI=1S/C13H18N4O2S/c1-8(2)19-7-6-17(3)13(18)11-9(14)10-12(20-11)16-5-4-15-10/h4-5,8H,6-7,14H2,1-3H3. The number of carbonyl (C=O) groups excluding carboxylic acids is 1. The Hall–Kier alpha value is -1.73. The molecule has 0 aromatic carbocycles. The summed E-state index contributed by atoms with van der Waals surface area (Å²) >= 11 is 1.27. The van der Waals surface area contributed by atoms with E-state index in [1.54, 1.807) is 24.3 Å². The topological polar surface area (TPSA) is 81.3 Å². The summed E-state index contributed by atoms with van der Waals surface area (Å²) in [5.74, 6) is -0.125. The van der Waals surface area contributed by atoms with Gasteiger partial charge in [0.15, 0.2) is 0 Å². The van der Waals surface area contributed by atoms with Crippen LogP contribution < -0.4 is 5.73 Å². The van der Waals surface area contributed by atoms with Gasteiger partial charge in [0.2, 0.25) is 0 Å². The summed E-state index contributed by atoms with van der Waals surface area (Å²) in [5, 5.41) is 0. The highest BCUT2D eigenvalue weighted by Crippen LogP contribution is 2.31. The fraction of sp³-hybridized carbons (Fsp3) is 0.462. The van der Waals surface area contributed by atoms with Gasteiger partial charge < -0.3 is 15.4 Å². The first-order valence-electron chi connectivity index (χ1n) is 6.36. The first kappa shape index (κ1) is 14.7. The van der Waals surface area contributed by atoms with Crippen molar-refractivity contribution >= 4 is 33.3 Å². The molecule has 0 saturated carbocycles. The third-order valence-corrected chi connectivity index (χ3v) is 3.87. The molecule has 2 heterocycles. The van der Waals surface area contributed by atoms with Crippen molar-refractivity contribution in [2.75, 3.05) is 25.9 Å². The van der Waals surface area contributed by atoms with Crippen LogP contribution in [0.2, 0.25) is 0 Å². The molecule has 2 aromatic rings. The molecule has 108 valence electrons. The summed E-state index contributed by atoms with van der Waals surface area (Å²) in [6.45, 7) is 4.94. The second-order valence-corrected chi connectivity index (χ2v) is 5.70. The fourth-order valence-electron chi connectivity index (χ4n) is 1.70. The van der Waals surface area contributed by atoms with Crippen molar-refractivity contribution in [2.45, 2.75) is 20.0 Å². The summed E-state index contributed by atoms with van der Waals surface area (Å²) in [4.78, 5) is 23.4. The van der Waals surface area contributed by atoms with Crippen LogP contribution in [0.15, 0.2) is 12.4 Å². The lowest BCUT2D eigenvalue weighted by atomic mass is 10.3. The maximum atomic E-state index is 12.4. The lowest BCUT2D eigenvalue weighted by Crippen LogP contribution is -2.30. The highest BCUT2D eigenvalue weighted by molar-refractivity contribution is 7.21. The average molecular weight is 294 g/mol. The second kappa shape index (κ2) is 6.15. The molecule has 1 amide bonds. The van der Waals surface area contributed by atoms with Gasteiger partial charge in [0.1, 0.15) is 15.2 Å². The quantitative estimate of drug-likeness (QED) is 0.909.